The van der Waals surface area contributed by atoms with Crippen LogP contribution in [0.25, 0.3) is 16.4 Å². The molecule has 0 bridgehead atoms. The summed E-state index contributed by atoms with van der Waals surface area (Å²) in [5.41, 5.74) is 6.31. The molecule has 1 atom stereocenters. The molecule has 6 nitrogen and oxygen atoms in total. The minimum Gasteiger partial charge on any atom is -0.383 e. The number of halogens is 3. The van der Waals surface area contributed by atoms with Gasteiger partial charge in [0.25, 0.3) is 5.95 Å². The summed E-state index contributed by atoms with van der Waals surface area (Å²) in [5, 5.41) is 4.30. The fourth-order valence-corrected chi connectivity index (χ4v) is 4.00. The quantitative estimate of drug-likeness (QED) is 0.743. The van der Waals surface area contributed by atoms with Crippen LogP contribution in [0, 0.1) is 0 Å². The number of aromatic nitrogens is 4. The van der Waals surface area contributed by atoms with E-state index in [1.807, 2.05) is 0 Å². The zero-order valence-electron chi connectivity index (χ0n) is 12.8. The Bertz CT molecular complexity index is 920. The average Bonchev–Trinajstić information content (AvgIpc) is 3.19. The van der Waals surface area contributed by atoms with Crippen LogP contribution in [0.5, 0.6) is 0 Å². The molecule has 0 spiro atoms. The Labute approximate surface area is 147 Å². The Kier molecular flexibility index (Phi) is 4.60. The highest BCUT2D eigenvalue weighted by molar-refractivity contribution is 7.85. The molecule has 0 radical (unpaired) electrons. The lowest BCUT2D eigenvalue weighted by Crippen LogP contribution is -2.06. The summed E-state index contributed by atoms with van der Waals surface area (Å²) >= 11 is 0.524. The van der Waals surface area contributed by atoms with Crippen LogP contribution in [-0.4, -0.2) is 29.7 Å². The third-order valence-corrected chi connectivity index (χ3v) is 5.63. The summed E-state index contributed by atoms with van der Waals surface area (Å²) in [6.07, 6.45) is -1.50. The Morgan fingerprint density at radius 3 is 2.52 bits per heavy atom. The van der Waals surface area contributed by atoms with Crippen LogP contribution < -0.4 is 5.73 Å². The molecule has 0 saturated heterocycles. The minimum atomic E-state index is -4.46. The molecular weight excluding hydrogens is 375 g/mol. The second-order valence-corrected chi connectivity index (χ2v) is 7.56. The summed E-state index contributed by atoms with van der Waals surface area (Å²) in [6, 6.07) is 3.87. The number of nitrogen functional groups attached to an aromatic ring is 1. The summed E-state index contributed by atoms with van der Waals surface area (Å²) in [7, 11) is -1.52. The van der Waals surface area contributed by atoms with Gasteiger partial charge in [0.1, 0.15) is 10.7 Å². The molecule has 0 aliphatic heterocycles. The third-order valence-electron chi connectivity index (χ3n) is 3.24. The van der Waals surface area contributed by atoms with Crippen LogP contribution in [0.15, 0.2) is 35.6 Å². The van der Waals surface area contributed by atoms with Crippen molar-refractivity contribution in [3.8, 4) is 16.4 Å². The van der Waals surface area contributed by atoms with Crippen LogP contribution >= 0.6 is 11.3 Å². The predicted octanol–water partition coefficient (Wildman–Crippen LogP) is 3.12. The van der Waals surface area contributed by atoms with Gasteiger partial charge in [0.15, 0.2) is 5.03 Å². The first-order chi connectivity index (χ1) is 11.8. The molecule has 25 heavy (non-hydrogen) atoms. The molecule has 0 aromatic carbocycles. The average molecular weight is 387 g/mol. The molecule has 0 fully saturated rings. The molecule has 0 aliphatic carbocycles. The van der Waals surface area contributed by atoms with Gasteiger partial charge in [-0.25, -0.2) is 9.97 Å². The van der Waals surface area contributed by atoms with Crippen molar-refractivity contribution in [1.29, 1.82) is 0 Å². The lowest BCUT2D eigenvalue weighted by molar-refractivity contribution is -0.134. The predicted molar refractivity (Wildman–Crippen MR) is 88.8 cm³/mol. The monoisotopic (exact) mass is 387 g/mol. The Balaban J connectivity index is 2.20. The maximum absolute atomic E-state index is 12.9. The van der Waals surface area contributed by atoms with E-state index in [0.717, 1.165) is 6.07 Å². The highest BCUT2D eigenvalue weighted by Gasteiger charge is 2.34. The van der Waals surface area contributed by atoms with E-state index in [1.165, 1.54) is 23.1 Å². The Morgan fingerprint density at radius 2 is 1.96 bits per heavy atom. The Hall–Kier alpha value is -2.27. The molecule has 3 aromatic heterocycles. The van der Waals surface area contributed by atoms with Gasteiger partial charge in [-0.05, 0) is 18.2 Å². The van der Waals surface area contributed by atoms with E-state index in [1.54, 1.807) is 13.0 Å². The largest absolute Gasteiger partial charge is 0.425 e. The van der Waals surface area contributed by atoms with E-state index in [0.29, 0.717) is 11.3 Å². The van der Waals surface area contributed by atoms with E-state index in [-0.39, 0.29) is 33.0 Å². The number of alkyl halides is 3. The van der Waals surface area contributed by atoms with Gasteiger partial charge in [-0.2, -0.15) is 23.0 Å². The first-order valence-electron chi connectivity index (χ1n) is 7.04. The number of rotatable bonds is 4. The molecule has 3 heterocycles. The van der Waals surface area contributed by atoms with Crippen LogP contribution in [0.3, 0.4) is 0 Å². The molecule has 0 saturated carbocycles. The summed E-state index contributed by atoms with van der Waals surface area (Å²) in [4.78, 5) is 7.52. The van der Waals surface area contributed by atoms with Gasteiger partial charge < -0.3 is 5.73 Å². The highest BCUT2D eigenvalue weighted by Crippen LogP contribution is 2.42. The van der Waals surface area contributed by atoms with E-state index >= 15 is 0 Å². The molecule has 132 valence electrons. The molecule has 1 unspecified atom stereocenters. The number of anilines is 1. The van der Waals surface area contributed by atoms with Crippen molar-refractivity contribution >= 4 is 28.0 Å². The normalized spacial score (nSPS) is 13.1. The van der Waals surface area contributed by atoms with Crippen molar-refractivity contribution in [3.05, 3.63) is 35.5 Å². The van der Waals surface area contributed by atoms with Crippen molar-refractivity contribution < 1.29 is 17.4 Å². The minimum absolute atomic E-state index is 0.0403. The summed E-state index contributed by atoms with van der Waals surface area (Å²) in [6.45, 7) is 1.68. The van der Waals surface area contributed by atoms with E-state index in [2.05, 4.69) is 15.1 Å². The molecular formula is C14H12F3N5OS2. The topological polar surface area (TPSA) is 86.7 Å². The number of nitrogens with zero attached hydrogens (tertiary/aromatic N) is 4. The zero-order valence-corrected chi connectivity index (χ0v) is 14.5. The van der Waals surface area contributed by atoms with Crippen molar-refractivity contribution in [2.75, 3.05) is 11.5 Å². The number of hydrogen-bond acceptors (Lipinski definition) is 6. The molecule has 11 heteroatoms. The number of thiophene rings is 1. The van der Waals surface area contributed by atoms with Crippen LogP contribution in [0.2, 0.25) is 0 Å². The second kappa shape index (κ2) is 6.56. The third kappa shape index (κ3) is 3.29. The van der Waals surface area contributed by atoms with E-state index in [9.17, 15) is 17.4 Å². The summed E-state index contributed by atoms with van der Waals surface area (Å²) < 4.78 is 52.2. The fraction of sp³-hybridized carbons (Fsp3) is 0.214. The van der Waals surface area contributed by atoms with Gasteiger partial charge in [-0.15, -0.1) is 11.3 Å². The highest BCUT2D eigenvalue weighted by atomic mass is 32.2. The van der Waals surface area contributed by atoms with Gasteiger partial charge >= 0.3 is 6.18 Å². The maximum atomic E-state index is 12.9. The fourth-order valence-electron chi connectivity index (χ4n) is 2.12. The van der Waals surface area contributed by atoms with Gasteiger partial charge in [-0.1, -0.05) is 6.92 Å². The first-order valence-corrected chi connectivity index (χ1v) is 9.18. The Morgan fingerprint density at radius 1 is 1.28 bits per heavy atom. The zero-order chi connectivity index (χ0) is 18.2. The molecule has 3 aromatic rings. The van der Waals surface area contributed by atoms with Crippen LogP contribution in [0.4, 0.5) is 19.0 Å². The lowest BCUT2D eigenvalue weighted by atomic mass is 10.2. The van der Waals surface area contributed by atoms with Gasteiger partial charge in [0.05, 0.1) is 16.4 Å². The molecule has 0 aliphatic rings. The van der Waals surface area contributed by atoms with Crippen molar-refractivity contribution in [2.45, 2.75) is 18.1 Å². The number of nitrogens with two attached hydrogens (primary N) is 1. The molecule has 0 amide bonds. The standard InChI is InChI=1S/C14H12F3N5OS2/c1-2-25(23)12-10(8-4-5-9(24-8)14(15,16)17)11(18)22(21-12)13-19-6-3-7-20-13/h3-7H,2,18H2,1H3. The SMILES string of the molecule is CCS(=O)c1nn(-c2ncccn2)c(N)c1-c1ccc(C(F)(F)F)s1. The smallest absolute Gasteiger partial charge is 0.383 e. The molecule has 2 N–H and O–H groups in total. The lowest BCUT2D eigenvalue weighted by Gasteiger charge is -2.03. The van der Waals surface area contributed by atoms with Gasteiger partial charge in [0.2, 0.25) is 0 Å². The maximum Gasteiger partial charge on any atom is 0.425 e. The van der Waals surface area contributed by atoms with Crippen molar-refractivity contribution in [3.63, 3.8) is 0 Å². The van der Waals surface area contributed by atoms with E-state index in [4.69, 9.17) is 5.73 Å². The van der Waals surface area contributed by atoms with Crippen molar-refractivity contribution in [2.24, 2.45) is 0 Å². The van der Waals surface area contributed by atoms with Crippen LogP contribution in [0.1, 0.15) is 11.8 Å². The first kappa shape index (κ1) is 17.5. The second-order valence-electron chi connectivity index (χ2n) is 4.82. The number of hydrogen-bond donors (Lipinski definition) is 1. The van der Waals surface area contributed by atoms with Crippen molar-refractivity contribution in [1.82, 2.24) is 19.7 Å². The molecule has 3 rings (SSSR count). The van der Waals surface area contributed by atoms with Gasteiger partial charge in [-0.3, -0.25) is 4.21 Å². The summed E-state index contributed by atoms with van der Waals surface area (Å²) in [5.74, 6) is 0.433. The van der Waals surface area contributed by atoms with Gasteiger partial charge in [0, 0.05) is 23.0 Å². The van der Waals surface area contributed by atoms with Crippen LogP contribution in [-0.2, 0) is 17.0 Å². The van der Waals surface area contributed by atoms with E-state index < -0.39 is 21.9 Å².